The van der Waals surface area contributed by atoms with Gasteiger partial charge in [0.05, 0.1) is 17.8 Å². The Bertz CT molecular complexity index is 845. The normalized spacial score (nSPS) is 27.1. The Hall–Kier alpha value is -2.34. The summed E-state index contributed by atoms with van der Waals surface area (Å²) in [5.41, 5.74) is 4.89. The van der Waals surface area contributed by atoms with Gasteiger partial charge in [0.25, 0.3) is 0 Å². The van der Waals surface area contributed by atoms with Gasteiger partial charge in [0.1, 0.15) is 0 Å². The van der Waals surface area contributed by atoms with Gasteiger partial charge in [-0.15, -0.1) is 0 Å². The fourth-order valence-corrected chi connectivity index (χ4v) is 4.77. The van der Waals surface area contributed by atoms with Gasteiger partial charge in [-0.25, -0.2) is 0 Å². The number of carbonyl (C=O) groups is 1. The maximum absolute atomic E-state index is 12.0. The third-order valence-corrected chi connectivity index (χ3v) is 6.27. The van der Waals surface area contributed by atoms with E-state index < -0.39 is 0 Å². The summed E-state index contributed by atoms with van der Waals surface area (Å²) < 4.78 is 7.83. The summed E-state index contributed by atoms with van der Waals surface area (Å²) in [7, 11) is 0. The number of carbonyl (C=O) groups excluding carboxylic acids is 1. The van der Waals surface area contributed by atoms with Crippen LogP contribution >= 0.6 is 0 Å². The first kappa shape index (κ1) is 16.8. The molecule has 4 aliphatic rings. The Kier molecular flexibility index (Phi) is 4.16. The highest BCUT2D eigenvalue weighted by molar-refractivity contribution is 5.76. The van der Waals surface area contributed by atoms with Crippen LogP contribution in [0.4, 0.5) is 0 Å². The summed E-state index contributed by atoms with van der Waals surface area (Å²) in [5.74, 6) is 0.452. The minimum absolute atomic E-state index is 0.142. The van der Waals surface area contributed by atoms with Gasteiger partial charge in [-0.3, -0.25) is 9.48 Å². The summed E-state index contributed by atoms with van der Waals surface area (Å²) in [6, 6.07) is 0.708. The van der Waals surface area contributed by atoms with Crippen molar-refractivity contribution in [2.24, 2.45) is 5.92 Å². The molecule has 6 heteroatoms. The van der Waals surface area contributed by atoms with Crippen molar-refractivity contribution in [3.8, 4) is 0 Å². The predicted octanol–water partition coefficient (Wildman–Crippen LogP) is 2.19. The van der Waals surface area contributed by atoms with Crippen LogP contribution < -0.4 is 5.32 Å². The van der Waals surface area contributed by atoms with E-state index in [0.29, 0.717) is 24.5 Å². The maximum Gasteiger partial charge on any atom is 0.219 e. The number of hydrogen-bond donors (Lipinski definition) is 1. The Morgan fingerprint density at radius 1 is 1.30 bits per heavy atom. The van der Waals surface area contributed by atoms with Crippen molar-refractivity contribution >= 4 is 11.5 Å². The topological polar surface area (TPSA) is 59.4 Å². The van der Waals surface area contributed by atoms with Gasteiger partial charge in [0.15, 0.2) is 0 Å². The average Bonchev–Trinajstić information content (AvgIpc) is 3.32. The maximum atomic E-state index is 12.0. The number of amides is 1. The van der Waals surface area contributed by atoms with Crippen molar-refractivity contribution in [1.82, 2.24) is 20.0 Å². The molecule has 4 heterocycles. The molecule has 2 atom stereocenters. The first-order valence-electron chi connectivity index (χ1n) is 9.97. The SMILES string of the molecule is CC(=O)N1CCc2c(c(C3=CC=CC4NC=CC34)nn2C2CCOCC2)C1. The van der Waals surface area contributed by atoms with Gasteiger partial charge in [0, 0.05) is 56.8 Å². The van der Waals surface area contributed by atoms with Crippen molar-refractivity contribution < 1.29 is 9.53 Å². The van der Waals surface area contributed by atoms with Crippen molar-refractivity contribution in [1.29, 1.82) is 0 Å². The minimum atomic E-state index is 0.142. The highest BCUT2D eigenvalue weighted by Gasteiger charge is 2.34. The lowest BCUT2D eigenvalue weighted by atomic mass is 9.85. The van der Waals surface area contributed by atoms with Gasteiger partial charge in [-0.2, -0.15) is 5.10 Å². The second-order valence-electron chi connectivity index (χ2n) is 7.84. The largest absolute Gasteiger partial charge is 0.384 e. The van der Waals surface area contributed by atoms with Gasteiger partial charge in [0.2, 0.25) is 5.91 Å². The van der Waals surface area contributed by atoms with Crippen LogP contribution in [0.3, 0.4) is 0 Å². The number of ether oxygens (including phenoxy) is 1. The zero-order valence-electron chi connectivity index (χ0n) is 15.7. The lowest BCUT2D eigenvalue weighted by molar-refractivity contribution is -0.129. The molecule has 6 nitrogen and oxygen atoms in total. The zero-order chi connectivity index (χ0) is 18.4. The molecule has 1 aliphatic carbocycles. The summed E-state index contributed by atoms with van der Waals surface area (Å²) in [5, 5.41) is 8.56. The monoisotopic (exact) mass is 366 g/mol. The van der Waals surface area contributed by atoms with E-state index in [9.17, 15) is 4.79 Å². The first-order chi connectivity index (χ1) is 13.2. The van der Waals surface area contributed by atoms with Crippen LogP contribution in [0.1, 0.15) is 42.8 Å². The Morgan fingerprint density at radius 3 is 2.96 bits per heavy atom. The third-order valence-electron chi connectivity index (χ3n) is 6.27. The van der Waals surface area contributed by atoms with Crippen LogP contribution in [0, 0.1) is 5.92 Å². The molecular weight excluding hydrogens is 340 g/mol. The molecule has 1 N–H and O–H groups in total. The van der Waals surface area contributed by atoms with Crippen LogP contribution in [-0.2, 0) is 22.5 Å². The molecule has 1 aromatic heterocycles. The number of nitrogens with one attached hydrogen (secondary N) is 1. The molecular formula is C21H26N4O2. The molecule has 2 unspecified atom stereocenters. The van der Waals surface area contributed by atoms with E-state index in [4.69, 9.17) is 9.84 Å². The number of rotatable bonds is 2. The van der Waals surface area contributed by atoms with Gasteiger partial charge >= 0.3 is 0 Å². The van der Waals surface area contributed by atoms with E-state index in [2.05, 4.69) is 34.3 Å². The second-order valence-corrected chi connectivity index (χ2v) is 7.84. The molecule has 27 heavy (non-hydrogen) atoms. The van der Waals surface area contributed by atoms with Crippen molar-refractivity contribution in [3.05, 3.63) is 47.5 Å². The number of aromatic nitrogens is 2. The van der Waals surface area contributed by atoms with E-state index in [1.165, 1.54) is 16.8 Å². The molecule has 1 saturated heterocycles. The summed E-state index contributed by atoms with van der Waals surface area (Å²) in [6.45, 7) is 4.71. The highest BCUT2D eigenvalue weighted by Crippen LogP contribution is 2.38. The molecule has 142 valence electrons. The third kappa shape index (κ3) is 2.83. The molecule has 5 rings (SSSR count). The standard InChI is InChI=1S/C21H26N4O2/c1-14(26)24-10-6-20-18(13-24)21(23-25(20)15-7-11-27-12-8-15)17-3-2-4-19-16(17)5-9-22-19/h2-5,9,15-16,19,22H,6-8,10-13H2,1H3. The van der Waals surface area contributed by atoms with E-state index in [-0.39, 0.29) is 5.91 Å². The zero-order valence-corrected chi connectivity index (χ0v) is 15.7. The van der Waals surface area contributed by atoms with Gasteiger partial charge in [-0.1, -0.05) is 24.3 Å². The van der Waals surface area contributed by atoms with Crippen molar-refractivity contribution in [3.63, 3.8) is 0 Å². The average molecular weight is 366 g/mol. The quantitative estimate of drug-likeness (QED) is 0.872. The minimum Gasteiger partial charge on any atom is -0.384 e. The number of allylic oxidation sites excluding steroid dienone is 2. The lowest BCUT2D eigenvalue weighted by Crippen LogP contribution is -2.35. The molecule has 0 radical (unpaired) electrons. The van der Waals surface area contributed by atoms with Gasteiger partial charge < -0.3 is 15.0 Å². The Labute approximate surface area is 159 Å². The predicted molar refractivity (Wildman–Crippen MR) is 103 cm³/mol. The van der Waals surface area contributed by atoms with Crippen molar-refractivity contribution in [2.75, 3.05) is 19.8 Å². The second kappa shape index (κ2) is 6.68. The molecule has 0 saturated carbocycles. The molecule has 1 aromatic rings. The fourth-order valence-electron chi connectivity index (χ4n) is 4.77. The number of nitrogens with zero attached hydrogens (tertiary/aromatic N) is 3. The van der Waals surface area contributed by atoms with E-state index in [1.807, 2.05) is 11.1 Å². The smallest absolute Gasteiger partial charge is 0.219 e. The molecule has 0 aromatic carbocycles. The van der Waals surface area contributed by atoms with E-state index in [1.54, 1.807) is 6.92 Å². The molecule has 0 spiro atoms. The van der Waals surface area contributed by atoms with E-state index >= 15 is 0 Å². The van der Waals surface area contributed by atoms with Gasteiger partial charge in [-0.05, 0) is 24.6 Å². The lowest BCUT2D eigenvalue weighted by Gasteiger charge is -2.30. The van der Waals surface area contributed by atoms with Crippen LogP contribution in [0.2, 0.25) is 0 Å². The fraction of sp³-hybridized carbons (Fsp3) is 0.524. The Balaban J connectivity index is 1.59. The molecule has 0 bridgehead atoms. The summed E-state index contributed by atoms with van der Waals surface area (Å²) in [6.07, 6.45) is 13.7. The number of hydrogen-bond acceptors (Lipinski definition) is 4. The van der Waals surface area contributed by atoms with Crippen LogP contribution in [0.15, 0.2) is 30.5 Å². The van der Waals surface area contributed by atoms with Crippen molar-refractivity contribution in [2.45, 2.75) is 44.8 Å². The highest BCUT2D eigenvalue weighted by atomic mass is 16.5. The molecule has 1 amide bonds. The summed E-state index contributed by atoms with van der Waals surface area (Å²) in [4.78, 5) is 14.0. The number of fused-ring (bicyclic) bond motifs is 2. The van der Waals surface area contributed by atoms with E-state index in [0.717, 1.165) is 44.7 Å². The first-order valence-corrected chi connectivity index (χ1v) is 9.97. The van der Waals surface area contributed by atoms with Crippen LogP contribution in [0.25, 0.3) is 5.57 Å². The summed E-state index contributed by atoms with van der Waals surface area (Å²) >= 11 is 0. The van der Waals surface area contributed by atoms with Crippen LogP contribution in [0.5, 0.6) is 0 Å². The Morgan fingerprint density at radius 2 is 2.15 bits per heavy atom. The van der Waals surface area contributed by atoms with Crippen LogP contribution in [-0.4, -0.2) is 46.4 Å². The molecule has 1 fully saturated rings. The molecule has 3 aliphatic heterocycles.